The van der Waals surface area contributed by atoms with Gasteiger partial charge in [0, 0.05) is 13.6 Å². The molecule has 1 aliphatic carbocycles. The molecule has 2 rings (SSSR count). The maximum absolute atomic E-state index is 12.6. The Labute approximate surface area is 114 Å². The molecule has 1 saturated carbocycles. The summed E-state index contributed by atoms with van der Waals surface area (Å²) in [6, 6.07) is 5.89. The third-order valence-electron chi connectivity index (χ3n) is 3.82. The van der Waals surface area contributed by atoms with Gasteiger partial charge in [0.25, 0.3) is 0 Å². The van der Waals surface area contributed by atoms with Gasteiger partial charge in [-0.05, 0) is 44.5 Å². The summed E-state index contributed by atoms with van der Waals surface area (Å²) in [5, 5.41) is 3.12. The van der Waals surface area contributed by atoms with E-state index in [-0.39, 0.29) is 11.3 Å². The first-order valence-electron chi connectivity index (χ1n) is 6.61. The second-order valence-electron chi connectivity index (χ2n) is 5.35. The number of rotatable bonds is 5. The molecule has 4 nitrogen and oxygen atoms in total. The van der Waals surface area contributed by atoms with Crippen molar-refractivity contribution in [3.63, 3.8) is 0 Å². The number of aryl methyl sites for hydroxylation is 1. The van der Waals surface area contributed by atoms with Crippen LogP contribution >= 0.6 is 0 Å². The predicted octanol–water partition coefficient (Wildman–Crippen LogP) is 1.97. The molecule has 0 aliphatic heterocycles. The van der Waals surface area contributed by atoms with Gasteiger partial charge in [-0.1, -0.05) is 6.07 Å². The van der Waals surface area contributed by atoms with E-state index in [4.69, 9.17) is 4.74 Å². The molecular weight excluding hydrogens is 240 g/mol. The van der Waals surface area contributed by atoms with Gasteiger partial charge in [-0.3, -0.25) is 4.79 Å². The molecule has 1 fully saturated rings. The van der Waals surface area contributed by atoms with Crippen molar-refractivity contribution >= 4 is 11.6 Å². The van der Waals surface area contributed by atoms with E-state index in [9.17, 15) is 4.79 Å². The molecule has 1 N–H and O–H groups in total. The van der Waals surface area contributed by atoms with Crippen molar-refractivity contribution in [1.82, 2.24) is 5.32 Å². The lowest BCUT2D eigenvalue weighted by Gasteiger charge is -2.25. The van der Waals surface area contributed by atoms with E-state index in [0.29, 0.717) is 0 Å². The molecule has 1 aliphatic rings. The van der Waals surface area contributed by atoms with Gasteiger partial charge in [0.05, 0.1) is 18.2 Å². The third kappa shape index (κ3) is 2.59. The fourth-order valence-corrected chi connectivity index (χ4v) is 2.48. The SMILES string of the molecule is CNCC1(C(=O)N(C)c2cc(C)ccc2OC)CC1. The van der Waals surface area contributed by atoms with E-state index in [1.807, 2.05) is 39.2 Å². The van der Waals surface area contributed by atoms with Crippen molar-refractivity contribution in [2.24, 2.45) is 5.41 Å². The number of ether oxygens (including phenoxy) is 1. The van der Waals surface area contributed by atoms with E-state index in [1.54, 1.807) is 12.0 Å². The number of hydrogen-bond donors (Lipinski definition) is 1. The first-order valence-corrected chi connectivity index (χ1v) is 6.61. The zero-order valence-electron chi connectivity index (χ0n) is 12.1. The Morgan fingerprint density at radius 2 is 2.16 bits per heavy atom. The summed E-state index contributed by atoms with van der Waals surface area (Å²) in [7, 11) is 5.35. The number of anilines is 1. The van der Waals surface area contributed by atoms with Crippen LogP contribution in [0.15, 0.2) is 18.2 Å². The van der Waals surface area contributed by atoms with E-state index in [0.717, 1.165) is 36.4 Å². The number of carbonyl (C=O) groups excluding carboxylic acids is 1. The summed E-state index contributed by atoms with van der Waals surface area (Å²) >= 11 is 0. The second kappa shape index (κ2) is 5.21. The molecule has 0 radical (unpaired) electrons. The summed E-state index contributed by atoms with van der Waals surface area (Å²) in [4.78, 5) is 14.4. The lowest BCUT2D eigenvalue weighted by Crippen LogP contribution is -2.39. The van der Waals surface area contributed by atoms with Crippen LogP contribution in [0.25, 0.3) is 0 Å². The van der Waals surface area contributed by atoms with Gasteiger partial charge in [-0.25, -0.2) is 0 Å². The van der Waals surface area contributed by atoms with Gasteiger partial charge in [0.2, 0.25) is 5.91 Å². The average molecular weight is 262 g/mol. The van der Waals surface area contributed by atoms with E-state index in [1.165, 1.54) is 0 Å². The molecule has 0 atom stereocenters. The molecule has 0 bridgehead atoms. The number of hydrogen-bond acceptors (Lipinski definition) is 3. The Morgan fingerprint density at radius 1 is 1.47 bits per heavy atom. The Morgan fingerprint density at radius 3 is 2.68 bits per heavy atom. The first kappa shape index (κ1) is 13.9. The minimum absolute atomic E-state index is 0.172. The molecular formula is C15H22N2O2. The van der Waals surface area contributed by atoms with Crippen LogP contribution < -0.4 is 15.0 Å². The number of nitrogens with one attached hydrogen (secondary N) is 1. The van der Waals surface area contributed by atoms with Crippen LogP contribution in [0, 0.1) is 12.3 Å². The molecule has 19 heavy (non-hydrogen) atoms. The highest BCUT2D eigenvalue weighted by atomic mass is 16.5. The molecule has 4 heteroatoms. The van der Waals surface area contributed by atoms with Crippen LogP contribution in [0.4, 0.5) is 5.69 Å². The molecule has 1 aromatic carbocycles. The van der Waals surface area contributed by atoms with Gasteiger partial charge in [0.1, 0.15) is 5.75 Å². The smallest absolute Gasteiger partial charge is 0.234 e. The van der Waals surface area contributed by atoms with Crippen LogP contribution in [0.5, 0.6) is 5.75 Å². The van der Waals surface area contributed by atoms with Crippen LogP contribution in [0.3, 0.4) is 0 Å². The lowest BCUT2D eigenvalue weighted by molar-refractivity contribution is -0.123. The highest BCUT2D eigenvalue weighted by Gasteiger charge is 2.50. The lowest BCUT2D eigenvalue weighted by atomic mass is 10.0. The van der Waals surface area contributed by atoms with Crippen LogP contribution in [0.2, 0.25) is 0 Å². The van der Waals surface area contributed by atoms with Crippen molar-refractivity contribution in [2.45, 2.75) is 19.8 Å². The van der Waals surface area contributed by atoms with Crippen LogP contribution in [-0.4, -0.2) is 33.7 Å². The average Bonchev–Trinajstić information content (AvgIpc) is 3.18. The topological polar surface area (TPSA) is 41.6 Å². The minimum Gasteiger partial charge on any atom is -0.495 e. The number of benzene rings is 1. The maximum atomic E-state index is 12.6. The molecule has 1 aromatic rings. The van der Waals surface area contributed by atoms with Gasteiger partial charge in [-0.15, -0.1) is 0 Å². The van der Waals surface area contributed by atoms with Gasteiger partial charge >= 0.3 is 0 Å². The standard InChI is InChI=1S/C15H22N2O2/c1-11-5-6-13(19-4)12(9-11)17(3)14(18)15(7-8-15)10-16-2/h5-6,9,16H,7-8,10H2,1-4H3. The minimum atomic E-state index is -0.210. The van der Waals surface area contributed by atoms with Crippen molar-refractivity contribution in [2.75, 3.05) is 32.6 Å². The molecule has 0 unspecified atom stereocenters. The number of methoxy groups -OCH3 is 1. The van der Waals surface area contributed by atoms with Gasteiger partial charge < -0.3 is 15.0 Å². The Hall–Kier alpha value is -1.55. The monoisotopic (exact) mass is 262 g/mol. The van der Waals surface area contributed by atoms with Crippen molar-refractivity contribution in [1.29, 1.82) is 0 Å². The van der Waals surface area contributed by atoms with E-state index >= 15 is 0 Å². The van der Waals surface area contributed by atoms with E-state index in [2.05, 4.69) is 5.32 Å². The molecule has 104 valence electrons. The van der Waals surface area contributed by atoms with Gasteiger partial charge in [0.15, 0.2) is 0 Å². The quantitative estimate of drug-likeness (QED) is 0.882. The fourth-order valence-electron chi connectivity index (χ4n) is 2.48. The highest BCUT2D eigenvalue weighted by molar-refractivity contribution is 6.00. The Balaban J connectivity index is 2.26. The maximum Gasteiger partial charge on any atom is 0.234 e. The highest BCUT2D eigenvalue weighted by Crippen LogP contribution is 2.47. The van der Waals surface area contributed by atoms with Crippen molar-refractivity contribution < 1.29 is 9.53 Å². The van der Waals surface area contributed by atoms with Gasteiger partial charge in [-0.2, -0.15) is 0 Å². The van der Waals surface area contributed by atoms with Crippen molar-refractivity contribution in [3.8, 4) is 5.75 Å². The van der Waals surface area contributed by atoms with Crippen molar-refractivity contribution in [3.05, 3.63) is 23.8 Å². The predicted molar refractivity (Wildman–Crippen MR) is 76.7 cm³/mol. The molecule has 0 aromatic heterocycles. The zero-order chi connectivity index (χ0) is 14.0. The number of carbonyl (C=O) groups is 1. The Bertz CT molecular complexity index is 481. The summed E-state index contributed by atoms with van der Waals surface area (Å²) < 4.78 is 5.36. The summed E-state index contributed by atoms with van der Waals surface area (Å²) in [6.07, 6.45) is 1.93. The largest absolute Gasteiger partial charge is 0.495 e. The summed E-state index contributed by atoms with van der Waals surface area (Å²) in [6.45, 7) is 2.76. The molecule has 1 amide bonds. The first-order chi connectivity index (χ1) is 9.04. The number of nitrogens with zero attached hydrogens (tertiary/aromatic N) is 1. The molecule has 0 spiro atoms. The zero-order valence-corrected chi connectivity index (χ0v) is 12.1. The van der Waals surface area contributed by atoms with Crippen LogP contribution in [-0.2, 0) is 4.79 Å². The fraction of sp³-hybridized carbons (Fsp3) is 0.533. The number of amides is 1. The Kier molecular flexibility index (Phi) is 3.80. The third-order valence-corrected chi connectivity index (χ3v) is 3.82. The molecule has 0 heterocycles. The van der Waals surface area contributed by atoms with Crippen LogP contribution in [0.1, 0.15) is 18.4 Å². The summed E-state index contributed by atoms with van der Waals surface area (Å²) in [5.41, 5.74) is 1.75. The normalized spacial score (nSPS) is 16.0. The second-order valence-corrected chi connectivity index (χ2v) is 5.35. The molecule has 0 saturated heterocycles. The van der Waals surface area contributed by atoms with E-state index < -0.39 is 0 Å². The summed E-state index contributed by atoms with van der Waals surface area (Å²) in [5.74, 6) is 0.910.